The van der Waals surface area contributed by atoms with Gasteiger partial charge in [-0.05, 0) is 37.1 Å². The lowest BCUT2D eigenvalue weighted by Crippen LogP contribution is -2.16. The van der Waals surface area contributed by atoms with E-state index in [9.17, 15) is 13.2 Å². The average Bonchev–Trinajstić information content (AvgIpc) is 3.08. The van der Waals surface area contributed by atoms with Crippen molar-refractivity contribution >= 4 is 38.1 Å². The monoisotopic (exact) mass is 415 g/mol. The molecule has 3 aromatic rings. The zero-order valence-corrected chi connectivity index (χ0v) is 17.2. The molecule has 0 saturated heterocycles. The first-order valence-corrected chi connectivity index (χ1v) is 11.2. The van der Waals surface area contributed by atoms with E-state index in [1.165, 1.54) is 0 Å². The molecule has 3 rings (SSSR count). The molecule has 0 spiro atoms. The minimum atomic E-state index is -3.71. The number of aryl methyl sites for hydroxylation is 2. The molecule has 0 saturated carbocycles. The third-order valence-corrected chi connectivity index (χ3v) is 6.41. The van der Waals surface area contributed by atoms with Gasteiger partial charge in [0.25, 0.3) is 10.0 Å². The van der Waals surface area contributed by atoms with Crippen LogP contribution in [0.15, 0.2) is 58.8 Å². The molecule has 0 fully saturated rings. The van der Waals surface area contributed by atoms with Gasteiger partial charge < -0.3 is 5.32 Å². The van der Waals surface area contributed by atoms with Crippen molar-refractivity contribution in [1.29, 1.82) is 0 Å². The number of benzene rings is 2. The predicted molar refractivity (Wildman–Crippen MR) is 112 cm³/mol. The first-order chi connectivity index (χ1) is 13.4. The van der Waals surface area contributed by atoms with Crippen molar-refractivity contribution in [3.8, 4) is 0 Å². The molecule has 8 heteroatoms. The largest absolute Gasteiger partial charge is 0.325 e. The van der Waals surface area contributed by atoms with E-state index in [0.29, 0.717) is 5.69 Å². The quantitative estimate of drug-likeness (QED) is 0.611. The van der Waals surface area contributed by atoms with Crippen LogP contribution in [-0.4, -0.2) is 19.3 Å². The van der Waals surface area contributed by atoms with E-state index in [1.54, 1.807) is 29.6 Å². The number of carbonyl (C=O) groups excluding carboxylic acids is 1. The maximum Gasteiger partial charge on any atom is 0.263 e. The molecular formula is C20H21N3O3S2. The number of para-hydroxylation sites is 1. The summed E-state index contributed by atoms with van der Waals surface area (Å²) in [6, 6.07) is 14.2. The highest BCUT2D eigenvalue weighted by atomic mass is 32.2. The zero-order valence-electron chi connectivity index (χ0n) is 15.6. The van der Waals surface area contributed by atoms with E-state index >= 15 is 0 Å². The van der Waals surface area contributed by atoms with E-state index in [4.69, 9.17) is 0 Å². The maximum atomic E-state index is 12.4. The van der Waals surface area contributed by atoms with E-state index in [2.05, 4.69) is 15.0 Å². The minimum Gasteiger partial charge on any atom is -0.325 e. The van der Waals surface area contributed by atoms with Gasteiger partial charge >= 0.3 is 0 Å². The highest BCUT2D eigenvalue weighted by Crippen LogP contribution is 2.21. The van der Waals surface area contributed by atoms with Crippen LogP contribution in [0.1, 0.15) is 23.7 Å². The van der Waals surface area contributed by atoms with Crippen molar-refractivity contribution in [2.24, 2.45) is 0 Å². The number of carbonyl (C=O) groups is 1. The van der Waals surface area contributed by atoms with Crippen molar-refractivity contribution in [2.75, 3.05) is 10.0 Å². The normalized spacial score (nSPS) is 11.2. The van der Waals surface area contributed by atoms with Crippen LogP contribution in [0.25, 0.3) is 0 Å². The number of hydrogen-bond donors (Lipinski definition) is 2. The molecule has 28 heavy (non-hydrogen) atoms. The third kappa shape index (κ3) is 4.96. The first-order valence-electron chi connectivity index (χ1n) is 8.79. The Balaban J connectivity index is 1.65. The number of amides is 1. The Morgan fingerprint density at radius 1 is 1.11 bits per heavy atom. The fraction of sp³-hybridized carbons (Fsp3) is 0.200. The molecule has 0 atom stereocenters. The van der Waals surface area contributed by atoms with Crippen LogP contribution in [0, 0.1) is 6.92 Å². The van der Waals surface area contributed by atoms with Crippen molar-refractivity contribution in [1.82, 2.24) is 4.98 Å². The number of hydrogen-bond acceptors (Lipinski definition) is 5. The lowest BCUT2D eigenvalue weighted by Gasteiger charge is -2.08. The smallest absolute Gasteiger partial charge is 0.263 e. The molecule has 0 aliphatic rings. The van der Waals surface area contributed by atoms with Gasteiger partial charge in [0.15, 0.2) is 5.13 Å². The average molecular weight is 416 g/mol. The maximum absolute atomic E-state index is 12.4. The second-order valence-corrected chi connectivity index (χ2v) is 8.84. The Labute approximate surface area is 168 Å². The Bertz CT molecular complexity index is 1070. The number of rotatable bonds is 7. The molecule has 0 radical (unpaired) electrons. The molecule has 0 aliphatic heterocycles. The Hall–Kier alpha value is -2.71. The van der Waals surface area contributed by atoms with Gasteiger partial charge in [-0.1, -0.05) is 42.8 Å². The van der Waals surface area contributed by atoms with E-state index < -0.39 is 10.0 Å². The number of nitrogens with zero attached hydrogens (tertiary/aromatic N) is 1. The second-order valence-electron chi connectivity index (χ2n) is 6.30. The standard InChI is InChI=1S/C20H21N3O3S2/c1-3-15-6-4-5-7-18(15)22-19(24)12-16-13-27-20(21-16)23-28(25,26)17-10-8-14(2)9-11-17/h4-11,13H,3,12H2,1-2H3,(H,21,23)(H,22,24). The molecule has 146 valence electrons. The number of thiazole rings is 1. The number of sulfonamides is 1. The van der Waals surface area contributed by atoms with Crippen LogP contribution in [0.5, 0.6) is 0 Å². The number of nitrogens with one attached hydrogen (secondary N) is 2. The summed E-state index contributed by atoms with van der Waals surface area (Å²) in [6.45, 7) is 3.92. The molecule has 2 aromatic carbocycles. The van der Waals surface area contributed by atoms with Crippen LogP contribution in [0.2, 0.25) is 0 Å². The summed E-state index contributed by atoms with van der Waals surface area (Å²) in [6.07, 6.45) is 0.888. The summed E-state index contributed by atoms with van der Waals surface area (Å²) in [5.41, 5.74) is 3.33. The molecule has 0 unspecified atom stereocenters. The molecule has 1 aromatic heterocycles. The SMILES string of the molecule is CCc1ccccc1NC(=O)Cc1csc(NS(=O)(=O)c2ccc(C)cc2)n1. The Kier molecular flexibility index (Phi) is 6.11. The summed E-state index contributed by atoms with van der Waals surface area (Å²) in [5, 5.41) is 4.80. The topological polar surface area (TPSA) is 88.2 Å². The first kappa shape index (κ1) is 20.0. The van der Waals surface area contributed by atoms with Crippen LogP contribution < -0.4 is 10.0 Å². The summed E-state index contributed by atoms with van der Waals surface area (Å²) in [7, 11) is -3.71. The van der Waals surface area contributed by atoms with Crippen LogP contribution >= 0.6 is 11.3 Å². The molecular weight excluding hydrogens is 394 g/mol. The molecule has 0 bridgehead atoms. The highest BCUT2D eigenvalue weighted by molar-refractivity contribution is 7.93. The fourth-order valence-corrected chi connectivity index (χ4v) is 4.60. The Morgan fingerprint density at radius 3 is 2.54 bits per heavy atom. The molecule has 2 N–H and O–H groups in total. The van der Waals surface area contributed by atoms with Crippen LogP contribution in [0.3, 0.4) is 0 Å². The van der Waals surface area contributed by atoms with Crippen molar-refractivity contribution in [3.05, 3.63) is 70.7 Å². The van der Waals surface area contributed by atoms with Gasteiger partial charge in [-0.25, -0.2) is 13.4 Å². The summed E-state index contributed by atoms with van der Waals surface area (Å²) in [5.74, 6) is -0.195. The van der Waals surface area contributed by atoms with Gasteiger partial charge in [-0.15, -0.1) is 11.3 Å². The molecule has 6 nitrogen and oxygen atoms in total. The zero-order chi connectivity index (χ0) is 20.1. The predicted octanol–water partition coefficient (Wildman–Crippen LogP) is 4.00. The minimum absolute atomic E-state index is 0.0702. The number of anilines is 2. The van der Waals surface area contributed by atoms with Crippen LogP contribution in [0.4, 0.5) is 10.8 Å². The van der Waals surface area contributed by atoms with Gasteiger partial charge in [-0.3, -0.25) is 9.52 Å². The summed E-state index contributed by atoms with van der Waals surface area (Å²) >= 11 is 1.15. The van der Waals surface area contributed by atoms with Gasteiger partial charge in [0, 0.05) is 11.1 Å². The fourth-order valence-electron chi connectivity index (χ4n) is 2.64. The summed E-state index contributed by atoms with van der Waals surface area (Å²) < 4.78 is 27.3. The van der Waals surface area contributed by atoms with Crippen molar-refractivity contribution in [2.45, 2.75) is 31.6 Å². The molecule has 0 aliphatic carbocycles. The van der Waals surface area contributed by atoms with Gasteiger partial charge in [0.1, 0.15) is 0 Å². The van der Waals surface area contributed by atoms with Crippen molar-refractivity contribution in [3.63, 3.8) is 0 Å². The van der Waals surface area contributed by atoms with Gasteiger partial charge in [0.2, 0.25) is 5.91 Å². The van der Waals surface area contributed by atoms with E-state index in [0.717, 1.165) is 34.6 Å². The van der Waals surface area contributed by atoms with Gasteiger partial charge in [-0.2, -0.15) is 0 Å². The Morgan fingerprint density at radius 2 is 1.82 bits per heavy atom. The highest BCUT2D eigenvalue weighted by Gasteiger charge is 2.17. The molecule has 1 heterocycles. The third-order valence-electron chi connectivity index (χ3n) is 4.12. The molecule has 1 amide bonds. The number of aromatic nitrogens is 1. The van der Waals surface area contributed by atoms with E-state index in [-0.39, 0.29) is 22.4 Å². The van der Waals surface area contributed by atoms with Crippen LogP contribution in [-0.2, 0) is 27.7 Å². The summed E-state index contributed by atoms with van der Waals surface area (Å²) in [4.78, 5) is 16.7. The van der Waals surface area contributed by atoms with Gasteiger partial charge in [0.05, 0.1) is 17.0 Å². The lowest BCUT2D eigenvalue weighted by molar-refractivity contribution is -0.115. The van der Waals surface area contributed by atoms with E-state index in [1.807, 2.05) is 38.1 Å². The second kappa shape index (κ2) is 8.53. The van der Waals surface area contributed by atoms with Crippen molar-refractivity contribution < 1.29 is 13.2 Å². The lowest BCUT2D eigenvalue weighted by atomic mass is 10.1.